The number of carbonyl (C=O) groups is 1. The number of rotatable bonds is 3. The molecule has 0 radical (unpaired) electrons. The lowest BCUT2D eigenvalue weighted by atomic mass is 10.2. The number of hydrogen-bond acceptors (Lipinski definition) is 2. The third-order valence-electron chi connectivity index (χ3n) is 1.34. The molecular weight excluding hydrogens is 178 g/mol. The Hall–Kier alpha value is -1.25. The van der Waals surface area contributed by atoms with Gasteiger partial charge in [-0.1, -0.05) is 18.2 Å². The first kappa shape index (κ1) is 12.8. The predicted octanol–water partition coefficient (Wildman–Crippen LogP) is 2.64. The van der Waals surface area contributed by atoms with Crippen LogP contribution >= 0.6 is 0 Å². The summed E-state index contributed by atoms with van der Waals surface area (Å²) in [7, 11) is 0. The van der Waals surface area contributed by atoms with Crippen LogP contribution in [0.15, 0.2) is 24.8 Å². The van der Waals surface area contributed by atoms with Crippen molar-refractivity contribution in [3.05, 3.63) is 24.8 Å². The Morgan fingerprint density at radius 2 is 2.07 bits per heavy atom. The van der Waals surface area contributed by atoms with E-state index >= 15 is 0 Å². The number of alkyl carbamates (subject to hydrolysis) is 1. The summed E-state index contributed by atoms with van der Waals surface area (Å²) in [6, 6.07) is -0.171. The summed E-state index contributed by atoms with van der Waals surface area (Å²) in [4.78, 5) is 11.3. The monoisotopic (exact) mass is 197 g/mol. The fraction of sp³-hybridized carbons (Fsp3) is 0.545. The van der Waals surface area contributed by atoms with Crippen LogP contribution in [0.4, 0.5) is 4.79 Å². The van der Waals surface area contributed by atoms with Crippen molar-refractivity contribution in [3.63, 3.8) is 0 Å². The highest BCUT2D eigenvalue weighted by atomic mass is 16.6. The van der Waals surface area contributed by atoms with Gasteiger partial charge in [-0.2, -0.15) is 0 Å². The summed E-state index contributed by atoms with van der Waals surface area (Å²) < 4.78 is 5.08. The zero-order valence-corrected chi connectivity index (χ0v) is 9.33. The number of allylic oxidation sites excluding steroid dienone is 1. The van der Waals surface area contributed by atoms with Gasteiger partial charge in [-0.25, -0.2) is 4.79 Å². The van der Waals surface area contributed by atoms with E-state index < -0.39 is 11.7 Å². The fourth-order valence-electron chi connectivity index (χ4n) is 0.837. The smallest absolute Gasteiger partial charge is 0.408 e. The van der Waals surface area contributed by atoms with E-state index in [1.54, 1.807) is 6.08 Å². The van der Waals surface area contributed by atoms with Gasteiger partial charge in [0.1, 0.15) is 5.60 Å². The maximum Gasteiger partial charge on any atom is 0.408 e. The highest BCUT2D eigenvalue weighted by Gasteiger charge is 2.16. The number of amides is 1. The van der Waals surface area contributed by atoms with Crippen LogP contribution in [-0.4, -0.2) is 17.7 Å². The van der Waals surface area contributed by atoms with Crippen LogP contribution in [-0.2, 0) is 4.74 Å². The van der Waals surface area contributed by atoms with Crippen LogP contribution in [0.1, 0.15) is 27.7 Å². The molecule has 0 aliphatic carbocycles. The molecule has 0 heterocycles. The Kier molecular flexibility index (Phi) is 4.99. The van der Waals surface area contributed by atoms with Crippen molar-refractivity contribution in [1.29, 1.82) is 0 Å². The van der Waals surface area contributed by atoms with Crippen LogP contribution in [0.5, 0.6) is 0 Å². The Bertz CT molecular complexity index is 226. The van der Waals surface area contributed by atoms with E-state index in [-0.39, 0.29) is 6.04 Å². The lowest BCUT2D eigenvalue weighted by Gasteiger charge is -2.21. The van der Waals surface area contributed by atoms with Gasteiger partial charge in [0.15, 0.2) is 0 Å². The zero-order valence-electron chi connectivity index (χ0n) is 9.33. The molecule has 0 aromatic carbocycles. The molecule has 0 aromatic rings. The molecule has 0 spiro atoms. The second-order valence-corrected chi connectivity index (χ2v) is 3.93. The quantitative estimate of drug-likeness (QED) is 0.706. The van der Waals surface area contributed by atoms with Crippen molar-refractivity contribution in [2.45, 2.75) is 39.3 Å². The van der Waals surface area contributed by atoms with Gasteiger partial charge in [0.2, 0.25) is 0 Å². The molecule has 1 atom stereocenters. The van der Waals surface area contributed by atoms with E-state index in [9.17, 15) is 4.79 Å². The van der Waals surface area contributed by atoms with Gasteiger partial charge in [-0.15, -0.1) is 6.58 Å². The molecule has 0 aliphatic rings. The maximum absolute atomic E-state index is 11.3. The van der Waals surface area contributed by atoms with Gasteiger partial charge >= 0.3 is 6.09 Å². The first-order chi connectivity index (χ1) is 6.39. The van der Waals surface area contributed by atoms with Gasteiger partial charge in [0.05, 0.1) is 6.04 Å². The Balaban J connectivity index is 4.10. The van der Waals surface area contributed by atoms with Crippen molar-refractivity contribution in [1.82, 2.24) is 5.32 Å². The van der Waals surface area contributed by atoms with Crippen molar-refractivity contribution in [2.24, 2.45) is 0 Å². The van der Waals surface area contributed by atoms with Gasteiger partial charge in [-0.3, -0.25) is 0 Å². The molecular formula is C11H19NO2. The first-order valence-electron chi connectivity index (χ1n) is 4.64. The van der Waals surface area contributed by atoms with Gasteiger partial charge < -0.3 is 10.1 Å². The third kappa shape index (κ3) is 6.29. The molecule has 1 amide bonds. The second kappa shape index (κ2) is 5.47. The van der Waals surface area contributed by atoms with E-state index in [1.165, 1.54) is 0 Å². The molecule has 0 saturated heterocycles. The standard InChI is InChI=1S/C11H19NO2/c1-6-8-9(7-2)12-10(13)14-11(3,4)5/h6-9H,2H2,1,3-5H3,(H,12,13)/b8-6+. The minimum atomic E-state index is -0.467. The van der Waals surface area contributed by atoms with E-state index in [4.69, 9.17) is 4.74 Å². The van der Waals surface area contributed by atoms with Gasteiger partial charge in [-0.05, 0) is 27.7 Å². The third-order valence-corrected chi connectivity index (χ3v) is 1.34. The second-order valence-electron chi connectivity index (χ2n) is 3.93. The van der Waals surface area contributed by atoms with Gasteiger partial charge in [0.25, 0.3) is 0 Å². The molecule has 1 N–H and O–H groups in total. The largest absolute Gasteiger partial charge is 0.444 e. The van der Waals surface area contributed by atoms with Crippen molar-refractivity contribution < 1.29 is 9.53 Å². The Labute approximate surface area is 85.8 Å². The fourth-order valence-corrected chi connectivity index (χ4v) is 0.837. The predicted molar refractivity (Wildman–Crippen MR) is 58.2 cm³/mol. The lowest BCUT2D eigenvalue weighted by molar-refractivity contribution is 0.0522. The molecule has 0 aromatic heterocycles. The normalized spacial score (nSPS) is 13.7. The van der Waals surface area contributed by atoms with Crippen LogP contribution in [0.3, 0.4) is 0 Å². The molecule has 0 fully saturated rings. The molecule has 1 unspecified atom stereocenters. The van der Waals surface area contributed by atoms with Crippen molar-refractivity contribution in [2.75, 3.05) is 0 Å². The highest BCUT2D eigenvalue weighted by molar-refractivity contribution is 5.68. The first-order valence-corrected chi connectivity index (χ1v) is 4.64. The van der Waals surface area contributed by atoms with Crippen LogP contribution in [0.2, 0.25) is 0 Å². The number of hydrogen-bond donors (Lipinski definition) is 1. The minimum absolute atomic E-state index is 0.171. The van der Waals surface area contributed by atoms with Crippen LogP contribution < -0.4 is 5.32 Å². The minimum Gasteiger partial charge on any atom is -0.444 e. The Morgan fingerprint density at radius 3 is 2.43 bits per heavy atom. The number of carbonyl (C=O) groups excluding carboxylic acids is 1. The average molecular weight is 197 g/mol. The highest BCUT2D eigenvalue weighted by Crippen LogP contribution is 2.06. The molecule has 0 aliphatic heterocycles. The van der Waals surface area contributed by atoms with Gasteiger partial charge in [0, 0.05) is 0 Å². The van der Waals surface area contributed by atoms with Crippen molar-refractivity contribution in [3.8, 4) is 0 Å². The van der Waals surface area contributed by atoms with E-state index in [0.29, 0.717) is 0 Å². The zero-order chi connectivity index (χ0) is 11.2. The maximum atomic E-state index is 11.3. The molecule has 3 nitrogen and oxygen atoms in total. The van der Waals surface area contributed by atoms with E-state index in [2.05, 4.69) is 11.9 Å². The molecule has 0 saturated carbocycles. The van der Waals surface area contributed by atoms with Crippen molar-refractivity contribution >= 4 is 6.09 Å². The molecule has 80 valence electrons. The average Bonchev–Trinajstić information content (AvgIpc) is 2.00. The number of nitrogens with one attached hydrogen (secondary N) is 1. The Morgan fingerprint density at radius 1 is 1.50 bits per heavy atom. The summed E-state index contributed by atoms with van der Waals surface area (Å²) in [5, 5.41) is 2.66. The summed E-state index contributed by atoms with van der Waals surface area (Å²) in [5.41, 5.74) is -0.467. The van der Waals surface area contributed by atoms with E-state index in [1.807, 2.05) is 39.8 Å². The summed E-state index contributed by atoms with van der Waals surface area (Å²) in [6.45, 7) is 11.0. The lowest BCUT2D eigenvalue weighted by Crippen LogP contribution is -2.37. The summed E-state index contributed by atoms with van der Waals surface area (Å²) in [5.74, 6) is 0. The van der Waals surface area contributed by atoms with Crippen LogP contribution in [0, 0.1) is 0 Å². The SMILES string of the molecule is C=CC(/C=C/C)NC(=O)OC(C)(C)C. The molecule has 0 bridgehead atoms. The molecule has 0 rings (SSSR count). The molecule has 3 heteroatoms. The number of ether oxygens (including phenoxy) is 1. The van der Waals surface area contributed by atoms with E-state index in [0.717, 1.165) is 0 Å². The summed E-state index contributed by atoms with van der Waals surface area (Å²) >= 11 is 0. The molecule has 14 heavy (non-hydrogen) atoms. The van der Waals surface area contributed by atoms with Crippen LogP contribution in [0.25, 0.3) is 0 Å². The topological polar surface area (TPSA) is 38.3 Å². The summed E-state index contributed by atoms with van der Waals surface area (Å²) in [6.07, 6.45) is 4.89.